The minimum absolute atomic E-state index is 0.0910. The van der Waals surface area contributed by atoms with Gasteiger partial charge in [-0.1, -0.05) is 20.8 Å². The van der Waals surface area contributed by atoms with E-state index >= 15 is 0 Å². The van der Waals surface area contributed by atoms with Gasteiger partial charge in [0, 0.05) is 23.4 Å². The highest BCUT2D eigenvalue weighted by atomic mass is 32.1. The summed E-state index contributed by atoms with van der Waals surface area (Å²) in [6.07, 6.45) is 3.55. The van der Waals surface area contributed by atoms with Crippen molar-refractivity contribution in [3.05, 3.63) is 35.1 Å². The molecule has 19 heavy (non-hydrogen) atoms. The fraction of sp³-hybridized carbons (Fsp3) is 0.467. The van der Waals surface area contributed by atoms with Gasteiger partial charge in [-0.2, -0.15) is 0 Å². The summed E-state index contributed by atoms with van der Waals surface area (Å²) in [5.74, 6) is 0. The molecule has 0 aromatic carbocycles. The highest BCUT2D eigenvalue weighted by molar-refractivity contribution is 7.15. The van der Waals surface area contributed by atoms with E-state index in [1.54, 1.807) is 23.7 Å². The van der Waals surface area contributed by atoms with Crippen LogP contribution in [0.3, 0.4) is 0 Å². The van der Waals surface area contributed by atoms with Crippen molar-refractivity contribution in [2.24, 2.45) is 0 Å². The molecule has 0 unspecified atom stereocenters. The fourth-order valence-electron chi connectivity index (χ4n) is 1.86. The molecule has 0 radical (unpaired) electrons. The van der Waals surface area contributed by atoms with Crippen molar-refractivity contribution in [1.29, 1.82) is 0 Å². The molecule has 0 aliphatic carbocycles. The SMILES string of the molecule is CC(C)(C)c1nc(-c2cccnc2)sc1C(C)(C)O. The molecule has 102 valence electrons. The molecule has 0 aliphatic heterocycles. The molecule has 0 saturated carbocycles. The van der Waals surface area contributed by atoms with Crippen molar-refractivity contribution >= 4 is 11.3 Å². The van der Waals surface area contributed by atoms with E-state index in [0.29, 0.717) is 0 Å². The molecular formula is C15H20N2OS. The lowest BCUT2D eigenvalue weighted by Gasteiger charge is -2.23. The average molecular weight is 276 g/mol. The van der Waals surface area contributed by atoms with Crippen molar-refractivity contribution < 1.29 is 5.11 Å². The predicted molar refractivity (Wildman–Crippen MR) is 79.3 cm³/mol. The molecule has 0 spiro atoms. The number of nitrogens with zero attached hydrogens (tertiary/aromatic N) is 2. The second-order valence-electron chi connectivity index (χ2n) is 6.25. The number of rotatable bonds is 2. The Morgan fingerprint density at radius 3 is 2.26 bits per heavy atom. The van der Waals surface area contributed by atoms with E-state index in [4.69, 9.17) is 4.98 Å². The summed E-state index contributed by atoms with van der Waals surface area (Å²) in [6, 6.07) is 3.89. The summed E-state index contributed by atoms with van der Waals surface area (Å²) < 4.78 is 0. The van der Waals surface area contributed by atoms with Crippen molar-refractivity contribution in [1.82, 2.24) is 9.97 Å². The fourth-order valence-corrected chi connectivity index (χ4v) is 3.12. The van der Waals surface area contributed by atoms with Crippen molar-refractivity contribution in [2.45, 2.75) is 45.6 Å². The zero-order valence-corrected chi connectivity index (χ0v) is 12.9. The number of pyridine rings is 1. The van der Waals surface area contributed by atoms with E-state index in [1.807, 2.05) is 26.0 Å². The maximum Gasteiger partial charge on any atom is 0.125 e. The minimum atomic E-state index is -0.874. The monoisotopic (exact) mass is 276 g/mol. The van der Waals surface area contributed by atoms with Gasteiger partial charge in [0.25, 0.3) is 0 Å². The summed E-state index contributed by atoms with van der Waals surface area (Å²) in [5, 5.41) is 11.3. The first kappa shape index (κ1) is 14.2. The van der Waals surface area contributed by atoms with Gasteiger partial charge in [0.15, 0.2) is 0 Å². The van der Waals surface area contributed by atoms with Crippen LogP contribution >= 0.6 is 11.3 Å². The van der Waals surface area contributed by atoms with Crippen LogP contribution in [-0.2, 0) is 11.0 Å². The lowest BCUT2D eigenvalue weighted by Crippen LogP contribution is -2.22. The molecule has 2 aromatic rings. The molecule has 2 heterocycles. The topological polar surface area (TPSA) is 46.0 Å². The molecule has 2 rings (SSSR count). The van der Waals surface area contributed by atoms with Crippen LogP contribution in [0.1, 0.15) is 45.2 Å². The Morgan fingerprint density at radius 2 is 1.84 bits per heavy atom. The second kappa shape index (κ2) is 4.69. The number of hydrogen-bond donors (Lipinski definition) is 1. The van der Waals surface area contributed by atoms with Gasteiger partial charge in [-0.05, 0) is 26.0 Å². The van der Waals surface area contributed by atoms with Crippen LogP contribution in [-0.4, -0.2) is 15.1 Å². The van der Waals surface area contributed by atoms with Gasteiger partial charge in [0.1, 0.15) is 5.01 Å². The molecule has 1 N–H and O–H groups in total. The van der Waals surface area contributed by atoms with Crippen LogP contribution in [0.4, 0.5) is 0 Å². The molecule has 0 fully saturated rings. The highest BCUT2D eigenvalue weighted by Gasteiger charge is 2.31. The summed E-state index contributed by atoms with van der Waals surface area (Å²) in [7, 11) is 0. The number of aliphatic hydroxyl groups is 1. The maximum atomic E-state index is 10.3. The van der Waals surface area contributed by atoms with Gasteiger partial charge >= 0.3 is 0 Å². The Kier molecular flexibility index (Phi) is 3.49. The van der Waals surface area contributed by atoms with Crippen LogP contribution in [0, 0.1) is 0 Å². The normalized spacial score (nSPS) is 12.7. The molecular weight excluding hydrogens is 256 g/mol. The zero-order chi connectivity index (χ0) is 14.3. The van der Waals surface area contributed by atoms with E-state index in [9.17, 15) is 5.11 Å². The van der Waals surface area contributed by atoms with Crippen LogP contribution in [0.25, 0.3) is 10.6 Å². The minimum Gasteiger partial charge on any atom is -0.385 e. The van der Waals surface area contributed by atoms with Gasteiger partial charge in [-0.15, -0.1) is 11.3 Å². The van der Waals surface area contributed by atoms with Crippen LogP contribution in [0.5, 0.6) is 0 Å². The van der Waals surface area contributed by atoms with E-state index in [0.717, 1.165) is 21.1 Å². The summed E-state index contributed by atoms with van der Waals surface area (Å²) in [5.41, 5.74) is 0.991. The quantitative estimate of drug-likeness (QED) is 0.909. The molecule has 0 saturated heterocycles. The standard InChI is InChI=1S/C15H20N2OS/c1-14(2,3)11-12(15(4,5)18)19-13(17-11)10-7-6-8-16-9-10/h6-9,18H,1-5H3. The predicted octanol–water partition coefficient (Wildman–Crippen LogP) is 3.73. The third-order valence-electron chi connectivity index (χ3n) is 2.80. The first-order valence-corrected chi connectivity index (χ1v) is 7.16. The van der Waals surface area contributed by atoms with Crippen LogP contribution < -0.4 is 0 Å². The van der Waals surface area contributed by atoms with Crippen molar-refractivity contribution in [2.75, 3.05) is 0 Å². The molecule has 4 heteroatoms. The number of aromatic nitrogens is 2. The van der Waals surface area contributed by atoms with E-state index in [1.165, 1.54) is 0 Å². The van der Waals surface area contributed by atoms with Crippen molar-refractivity contribution in [3.8, 4) is 10.6 Å². The van der Waals surface area contributed by atoms with Gasteiger partial charge in [-0.3, -0.25) is 4.98 Å². The molecule has 0 amide bonds. The zero-order valence-electron chi connectivity index (χ0n) is 12.1. The van der Waals surface area contributed by atoms with Gasteiger partial charge in [-0.25, -0.2) is 4.98 Å². The van der Waals surface area contributed by atoms with Crippen LogP contribution in [0.15, 0.2) is 24.5 Å². The molecule has 2 aromatic heterocycles. The summed E-state index contributed by atoms with van der Waals surface area (Å²) in [4.78, 5) is 9.79. The Balaban J connectivity index is 2.59. The average Bonchev–Trinajstić information content (AvgIpc) is 2.74. The largest absolute Gasteiger partial charge is 0.385 e. The molecule has 0 aliphatic rings. The third-order valence-corrected chi connectivity index (χ3v) is 4.22. The number of hydrogen-bond acceptors (Lipinski definition) is 4. The molecule has 0 bridgehead atoms. The first-order chi connectivity index (χ1) is 8.69. The summed E-state index contributed by atoms with van der Waals surface area (Å²) >= 11 is 1.55. The second-order valence-corrected chi connectivity index (χ2v) is 7.25. The lowest BCUT2D eigenvalue weighted by atomic mass is 9.88. The highest BCUT2D eigenvalue weighted by Crippen LogP contribution is 2.39. The number of thiazole rings is 1. The van der Waals surface area contributed by atoms with E-state index < -0.39 is 5.60 Å². The Hall–Kier alpha value is -1.26. The van der Waals surface area contributed by atoms with Crippen LogP contribution in [0.2, 0.25) is 0 Å². The first-order valence-electron chi connectivity index (χ1n) is 6.34. The molecule has 0 atom stereocenters. The van der Waals surface area contributed by atoms with Crippen molar-refractivity contribution in [3.63, 3.8) is 0 Å². The van der Waals surface area contributed by atoms with Gasteiger partial charge < -0.3 is 5.11 Å². The van der Waals surface area contributed by atoms with E-state index in [-0.39, 0.29) is 5.41 Å². The third kappa shape index (κ3) is 3.01. The Morgan fingerprint density at radius 1 is 1.16 bits per heavy atom. The maximum absolute atomic E-state index is 10.3. The van der Waals surface area contributed by atoms with Gasteiger partial charge in [0.2, 0.25) is 0 Å². The Bertz CT molecular complexity index is 531. The van der Waals surface area contributed by atoms with E-state index in [2.05, 4.69) is 25.8 Å². The van der Waals surface area contributed by atoms with Gasteiger partial charge in [0.05, 0.1) is 16.2 Å². The molecule has 3 nitrogen and oxygen atoms in total. The lowest BCUT2D eigenvalue weighted by molar-refractivity contribution is 0.0803. The summed E-state index contributed by atoms with van der Waals surface area (Å²) in [6.45, 7) is 9.96. The smallest absolute Gasteiger partial charge is 0.125 e. The Labute approximate surface area is 118 Å².